The first-order valence-electron chi connectivity index (χ1n) is 10.9. The third kappa shape index (κ3) is 5.03. The molecule has 8 heteroatoms. The molecular formula is C23H31N3O3S2. The van der Waals surface area contributed by atoms with E-state index in [0.717, 1.165) is 57.4 Å². The summed E-state index contributed by atoms with van der Waals surface area (Å²) in [5.74, 6) is 0.259. The SMILES string of the molecule is CS(=O)(=O)c1ccc(CN2CCC3(CCN(CCC(N)c4cccs4)CC3)C2=O)cc1. The van der Waals surface area contributed by atoms with Gasteiger partial charge in [-0.2, -0.15) is 0 Å². The van der Waals surface area contributed by atoms with E-state index in [1.165, 1.54) is 11.1 Å². The van der Waals surface area contributed by atoms with Gasteiger partial charge in [0.1, 0.15) is 0 Å². The van der Waals surface area contributed by atoms with Crippen molar-refractivity contribution in [2.75, 3.05) is 32.4 Å². The van der Waals surface area contributed by atoms with Gasteiger partial charge in [0.25, 0.3) is 0 Å². The number of piperidine rings is 1. The van der Waals surface area contributed by atoms with Gasteiger partial charge in [-0.05, 0) is 74.5 Å². The summed E-state index contributed by atoms with van der Waals surface area (Å²) in [6.45, 7) is 4.18. The lowest BCUT2D eigenvalue weighted by atomic mass is 9.77. The molecule has 1 atom stereocenters. The molecule has 2 saturated heterocycles. The molecule has 0 aliphatic carbocycles. The Kier molecular flexibility index (Phi) is 6.53. The smallest absolute Gasteiger partial charge is 0.229 e. The number of carbonyl (C=O) groups excluding carboxylic acids is 1. The molecule has 2 aromatic rings. The minimum Gasteiger partial charge on any atom is -0.338 e. The first kappa shape index (κ1) is 22.5. The third-order valence-electron chi connectivity index (χ3n) is 6.80. The van der Waals surface area contributed by atoms with E-state index in [9.17, 15) is 13.2 Å². The maximum absolute atomic E-state index is 13.2. The Bertz CT molecular complexity index is 995. The molecule has 2 aliphatic rings. The van der Waals surface area contributed by atoms with Crippen LogP contribution in [0, 0.1) is 5.41 Å². The Morgan fingerprint density at radius 3 is 2.39 bits per heavy atom. The van der Waals surface area contributed by atoms with Crippen molar-refractivity contribution in [3.63, 3.8) is 0 Å². The van der Waals surface area contributed by atoms with E-state index in [-0.39, 0.29) is 17.4 Å². The normalized spacial score (nSPS) is 20.5. The second kappa shape index (κ2) is 9.02. The van der Waals surface area contributed by atoms with Crippen LogP contribution in [-0.4, -0.2) is 56.6 Å². The summed E-state index contributed by atoms with van der Waals surface area (Å²) >= 11 is 1.71. The average molecular weight is 462 g/mol. The number of sulfone groups is 1. The highest BCUT2D eigenvalue weighted by molar-refractivity contribution is 7.90. The van der Waals surface area contributed by atoms with Crippen LogP contribution in [-0.2, 0) is 21.2 Å². The molecule has 168 valence electrons. The predicted octanol–water partition coefficient (Wildman–Crippen LogP) is 3.06. The van der Waals surface area contributed by atoms with Crippen LogP contribution >= 0.6 is 11.3 Å². The molecule has 31 heavy (non-hydrogen) atoms. The number of rotatable bonds is 7. The van der Waals surface area contributed by atoms with Crippen molar-refractivity contribution >= 4 is 27.1 Å². The lowest BCUT2D eigenvalue weighted by Crippen LogP contribution is -2.45. The first-order valence-corrected chi connectivity index (χ1v) is 13.6. The average Bonchev–Trinajstić information content (AvgIpc) is 3.38. The van der Waals surface area contributed by atoms with Gasteiger partial charge < -0.3 is 15.5 Å². The van der Waals surface area contributed by atoms with Crippen LogP contribution in [0.3, 0.4) is 0 Å². The molecule has 0 radical (unpaired) electrons. The fourth-order valence-corrected chi connectivity index (χ4v) is 6.14. The number of benzene rings is 1. The second-order valence-corrected chi connectivity index (χ2v) is 11.9. The van der Waals surface area contributed by atoms with E-state index < -0.39 is 9.84 Å². The fourth-order valence-electron chi connectivity index (χ4n) is 4.74. The zero-order valence-corrected chi connectivity index (χ0v) is 19.6. The lowest BCUT2D eigenvalue weighted by Gasteiger charge is -2.38. The number of carbonyl (C=O) groups is 1. The predicted molar refractivity (Wildman–Crippen MR) is 124 cm³/mol. The maximum Gasteiger partial charge on any atom is 0.229 e. The quantitative estimate of drug-likeness (QED) is 0.685. The highest BCUT2D eigenvalue weighted by Gasteiger charge is 2.47. The summed E-state index contributed by atoms with van der Waals surface area (Å²) in [5, 5.41) is 2.07. The minimum absolute atomic E-state index is 0.0913. The number of likely N-dealkylation sites (tertiary alicyclic amines) is 2. The number of amides is 1. The van der Waals surface area contributed by atoms with Gasteiger partial charge >= 0.3 is 0 Å². The minimum atomic E-state index is -3.20. The van der Waals surface area contributed by atoms with E-state index in [1.807, 2.05) is 23.1 Å². The van der Waals surface area contributed by atoms with Crippen LogP contribution in [0.1, 0.15) is 42.2 Å². The molecule has 2 fully saturated rings. The third-order valence-corrected chi connectivity index (χ3v) is 8.94. The number of nitrogens with zero attached hydrogens (tertiary/aromatic N) is 2. The summed E-state index contributed by atoms with van der Waals surface area (Å²) < 4.78 is 23.3. The van der Waals surface area contributed by atoms with Crippen molar-refractivity contribution in [1.82, 2.24) is 9.80 Å². The molecule has 1 unspecified atom stereocenters. The Hall–Kier alpha value is -1.74. The lowest BCUT2D eigenvalue weighted by molar-refractivity contribution is -0.138. The molecule has 6 nitrogen and oxygen atoms in total. The van der Waals surface area contributed by atoms with Gasteiger partial charge in [0.2, 0.25) is 5.91 Å². The van der Waals surface area contributed by atoms with Gasteiger partial charge in [-0.25, -0.2) is 8.42 Å². The van der Waals surface area contributed by atoms with Crippen molar-refractivity contribution in [3.05, 3.63) is 52.2 Å². The van der Waals surface area contributed by atoms with Crippen molar-refractivity contribution in [2.45, 2.75) is 43.2 Å². The molecular weight excluding hydrogens is 430 g/mol. The number of thiophene rings is 1. The van der Waals surface area contributed by atoms with Crippen molar-refractivity contribution < 1.29 is 13.2 Å². The van der Waals surface area contributed by atoms with Crippen molar-refractivity contribution in [2.24, 2.45) is 11.1 Å². The summed E-state index contributed by atoms with van der Waals surface area (Å²) in [6.07, 6.45) is 4.87. The molecule has 1 spiro atoms. The molecule has 0 bridgehead atoms. The number of nitrogens with two attached hydrogens (primary N) is 1. The van der Waals surface area contributed by atoms with Crippen LogP contribution in [0.2, 0.25) is 0 Å². The first-order chi connectivity index (χ1) is 14.8. The summed E-state index contributed by atoms with van der Waals surface area (Å²) in [7, 11) is -3.20. The molecule has 1 aromatic carbocycles. The van der Waals surface area contributed by atoms with Crippen LogP contribution in [0.4, 0.5) is 0 Å². The monoisotopic (exact) mass is 461 g/mol. The molecule has 2 aliphatic heterocycles. The second-order valence-electron chi connectivity index (χ2n) is 8.93. The summed E-state index contributed by atoms with van der Waals surface area (Å²) in [6, 6.07) is 11.1. The largest absolute Gasteiger partial charge is 0.338 e. The van der Waals surface area contributed by atoms with E-state index in [2.05, 4.69) is 16.3 Å². The maximum atomic E-state index is 13.2. The van der Waals surface area contributed by atoms with Crippen molar-refractivity contribution in [1.29, 1.82) is 0 Å². The zero-order valence-electron chi connectivity index (χ0n) is 18.0. The summed E-state index contributed by atoms with van der Waals surface area (Å²) in [5.41, 5.74) is 7.06. The molecule has 3 heterocycles. The van der Waals surface area contributed by atoms with Gasteiger partial charge in [0, 0.05) is 30.3 Å². The zero-order chi connectivity index (χ0) is 22.1. The molecule has 1 amide bonds. The van der Waals surface area contributed by atoms with Gasteiger partial charge in [-0.15, -0.1) is 11.3 Å². The van der Waals surface area contributed by atoms with Gasteiger partial charge in [-0.1, -0.05) is 18.2 Å². The van der Waals surface area contributed by atoms with E-state index in [0.29, 0.717) is 11.4 Å². The van der Waals surface area contributed by atoms with Crippen LogP contribution in [0.15, 0.2) is 46.7 Å². The van der Waals surface area contributed by atoms with Gasteiger partial charge in [0.05, 0.1) is 10.3 Å². The summed E-state index contributed by atoms with van der Waals surface area (Å²) in [4.78, 5) is 19.2. The number of hydrogen-bond donors (Lipinski definition) is 1. The Labute approximate surface area is 189 Å². The van der Waals surface area contributed by atoms with Crippen LogP contribution < -0.4 is 5.73 Å². The fraction of sp³-hybridized carbons (Fsp3) is 0.522. The molecule has 4 rings (SSSR count). The number of hydrogen-bond acceptors (Lipinski definition) is 6. The van der Waals surface area contributed by atoms with Crippen LogP contribution in [0.5, 0.6) is 0 Å². The Morgan fingerprint density at radius 2 is 1.77 bits per heavy atom. The molecule has 1 aromatic heterocycles. The Balaban J connectivity index is 1.29. The highest BCUT2D eigenvalue weighted by atomic mass is 32.2. The van der Waals surface area contributed by atoms with E-state index >= 15 is 0 Å². The van der Waals surface area contributed by atoms with Gasteiger partial charge in [0.15, 0.2) is 9.84 Å². The van der Waals surface area contributed by atoms with Crippen LogP contribution in [0.25, 0.3) is 0 Å². The molecule has 2 N–H and O–H groups in total. The van der Waals surface area contributed by atoms with E-state index in [4.69, 9.17) is 5.73 Å². The highest BCUT2D eigenvalue weighted by Crippen LogP contribution is 2.42. The van der Waals surface area contributed by atoms with Crippen molar-refractivity contribution in [3.8, 4) is 0 Å². The standard InChI is InChI=1S/C23H31N3O3S2/c1-31(28,29)19-6-4-18(5-7-19)17-26-15-11-23(22(26)27)9-13-25(14-10-23)12-8-20(24)21-3-2-16-30-21/h2-7,16,20H,8-15,17,24H2,1H3. The van der Waals surface area contributed by atoms with Gasteiger partial charge in [-0.3, -0.25) is 4.79 Å². The molecule has 0 saturated carbocycles. The van der Waals surface area contributed by atoms with E-state index in [1.54, 1.807) is 23.5 Å². The topological polar surface area (TPSA) is 83.7 Å². The Morgan fingerprint density at radius 1 is 1.10 bits per heavy atom.